The minimum absolute atomic E-state index is 0.0975. The average molecular weight is 274 g/mol. The van der Waals surface area contributed by atoms with E-state index in [4.69, 9.17) is 4.74 Å². The van der Waals surface area contributed by atoms with Crippen LogP contribution in [0.3, 0.4) is 0 Å². The SMILES string of the molecule is CS(=O)(=O)NCC1C(=O)C2CC3COCC(C2)N31. The molecule has 18 heavy (non-hydrogen) atoms. The van der Waals surface area contributed by atoms with Crippen LogP contribution in [0.4, 0.5) is 0 Å². The molecule has 0 saturated carbocycles. The molecule has 4 bridgehead atoms. The highest BCUT2D eigenvalue weighted by molar-refractivity contribution is 7.88. The van der Waals surface area contributed by atoms with Gasteiger partial charge in [0.1, 0.15) is 0 Å². The maximum Gasteiger partial charge on any atom is 0.208 e. The Morgan fingerprint density at radius 1 is 1.33 bits per heavy atom. The summed E-state index contributed by atoms with van der Waals surface area (Å²) in [4.78, 5) is 14.4. The highest BCUT2D eigenvalue weighted by Gasteiger charge is 2.52. The van der Waals surface area contributed by atoms with Crippen LogP contribution in [0.1, 0.15) is 12.8 Å². The Kier molecular flexibility index (Phi) is 2.97. The van der Waals surface area contributed by atoms with Gasteiger partial charge in [-0.2, -0.15) is 0 Å². The summed E-state index contributed by atoms with van der Waals surface area (Å²) >= 11 is 0. The highest BCUT2D eigenvalue weighted by atomic mass is 32.2. The molecular formula is C11H18N2O4S. The summed E-state index contributed by atoms with van der Waals surface area (Å²) < 4.78 is 30.3. The molecule has 0 amide bonds. The number of piperidine rings is 3. The third-order valence-corrected chi connectivity index (χ3v) is 4.90. The van der Waals surface area contributed by atoms with Gasteiger partial charge in [-0.1, -0.05) is 0 Å². The van der Waals surface area contributed by atoms with Crippen LogP contribution in [0, 0.1) is 5.92 Å². The maximum atomic E-state index is 12.2. The molecule has 4 fully saturated rings. The monoisotopic (exact) mass is 274 g/mol. The number of ketones is 1. The molecule has 1 N–H and O–H groups in total. The van der Waals surface area contributed by atoms with Crippen molar-refractivity contribution < 1.29 is 17.9 Å². The van der Waals surface area contributed by atoms with Crippen molar-refractivity contribution in [3.05, 3.63) is 0 Å². The number of rotatable bonds is 3. The smallest absolute Gasteiger partial charge is 0.208 e. The van der Waals surface area contributed by atoms with Gasteiger partial charge in [0.25, 0.3) is 0 Å². The number of nitrogens with zero attached hydrogens (tertiary/aromatic N) is 1. The summed E-state index contributed by atoms with van der Waals surface area (Å²) in [5, 5.41) is 0. The van der Waals surface area contributed by atoms with Gasteiger partial charge in [-0.3, -0.25) is 9.69 Å². The van der Waals surface area contributed by atoms with E-state index in [-0.39, 0.29) is 36.4 Å². The van der Waals surface area contributed by atoms with Crippen LogP contribution in [0.5, 0.6) is 0 Å². The Hall–Kier alpha value is -0.500. The van der Waals surface area contributed by atoms with Crippen molar-refractivity contribution in [2.24, 2.45) is 5.92 Å². The molecule has 0 aromatic heterocycles. The molecular weight excluding hydrogens is 256 g/mol. The van der Waals surface area contributed by atoms with E-state index in [2.05, 4.69) is 9.62 Å². The van der Waals surface area contributed by atoms with Crippen LogP contribution in [-0.2, 0) is 19.6 Å². The van der Waals surface area contributed by atoms with Gasteiger partial charge in [0.05, 0.1) is 25.5 Å². The second kappa shape index (κ2) is 4.26. The number of nitrogens with one attached hydrogen (secondary N) is 1. The van der Waals surface area contributed by atoms with Crippen molar-refractivity contribution in [2.45, 2.75) is 31.0 Å². The molecule has 102 valence electrons. The lowest BCUT2D eigenvalue weighted by Gasteiger charge is -2.56. The van der Waals surface area contributed by atoms with Gasteiger partial charge in [0.2, 0.25) is 10.0 Å². The lowest BCUT2D eigenvalue weighted by Crippen LogP contribution is -2.70. The van der Waals surface area contributed by atoms with Crippen molar-refractivity contribution in [1.29, 1.82) is 0 Å². The molecule has 0 aromatic carbocycles. The lowest BCUT2D eigenvalue weighted by atomic mass is 9.73. The molecule has 0 aliphatic carbocycles. The zero-order valence-corrected chi connectivity index (χ0v) is 11.1. The standard InChI is InChI=1S/C11H18N2O4S/c1-18(15,16)12-4-10-11(14)7-2-8-5-17-6-9(3-7)13(8)10/h7-10,12H,2-6H2,1H3. The van der Waals surface area contributed by atoms with Gasteiger partial charge in [-0.25, -0.2) is 13.1 Å². The van der Waals surface area contributed by atoms with E-state index in [0.717, 1.165) is 19.1 Å². The third kappa shape index (κ3) is 2.09. The number of hydrogen-bond acceptors (Lipinski definition) is 5. The number of carbonyl (C=O) groups excluding carboxylic acids is 1. The second-order valence-corrected chi connectivity index (χ2v) is 7.33. The van der Waals surface area contributed by atoms with Crippen LogP contribution in [-0.4, -0.2) is 63.2 Å². The molecule has 0 aromatic rings. The molecule has 3 unspecified atom stereocenters. The average Bonchev–Trinajstić information content (AvgIpc) is 2.26. The quantitative estimate of drug-likeness (QED) is 0.712. The van der Waals surface area contributed by atoms with Gasteiger partial charge < -0.3 is 4.74 Å². The molecule has 4 saturated heterocycles. The van der Waals surface area contributed by atoms with Crippen molar-refractivity contribution >= 4 is 15.8 Å². The van der Waals surface area contributed by atoms with Crippen LogP contribution in [0.15, 0.2) is 0 Å². The first kappa shape index (κ1) is 12.5. The first-order valence-electron chi connectivity index (χ1n) is 6.29. The van der Waals surface area contributed by atoms with Gasteiger partial charge >= 0.3 is 0 Å². The largest absolute Gasteiger partial charge is 0.378 e. The van der Waals surface area contributed by atoms with Crippen LogP contribution in [0.2, 0.25) is 0 Å². The van der Waals surface area contributed by atoms with Gasteiger partial charge in [0, 0.05) is 24.5 Å². The van der Waals surface area contributed by atoms with E-state index in [1.165, 1.54) is 0 Å². The van der Waals surface area contributed by atoms with Crippen molar-refractivity contribution in [3.8, 4) is 0 Å². The summed E-state index contributed by atoms with van der Waals surface area (Å²) in [7, 11) is -3.25. The number of carbonyl (C=O) groups is 1. The van der Waals surface area contributed by atoms with Gasteiger partial charge in [0.15, 0.2) is 5.78 Å². The fraction of sp³-hybridized carbons (Fsp3) is 0.909. The number of sulfonamides is 1. The normalized spacial score (nSPS) is 43.2. The molecule has 0 spiro atoms. The summed E-state index contributed by atoms with van der Waals surface area (Å²) in [6.45, 7) is 1.52. The molecule has 4 aliphatic rings. The number of Topliss-reactive ketones (excluding diaryl/α,β-unsaturated/α-hetero) is 1. The van der Waals surface area contributed by atoms with E-state index in [0.29, 0.717) is 13.2 Å². The maximum absolute atomic E-state index is 12.2. The highest BCUT2D eigenvalue weighted by Crippen LogP contribution is 2.39. The fourth-order valence-corrected chi connectivity index (χ4v) is 4.00. The Balaban J connectivity index is 1.79. The fourth-order valence-electron chi connectivity index (χ4n) is 3.54. The molecule has 4 heterocycles. The van der Waals surface area contributed by atoms with Crippen LogP contribution in [0.25, 0.3) is 0 Å². The Morgan fingerprint density at radius 3 is 2.50 bits per heavy atom. The van der Waals surface area contributed by atoms with Gasteiger partial charge in [-0.05, 0) is 12.8 Å². The van der Waals surface area contributed by atoms with Crippen molar-refractivity contribution in [2.75, 3.05) is 26.0 Å². The van der Waals surface area contributed by atoms with E-state index in [1.807, 2.05) is 0 Å². The van der Waals surface area contributed by atoms with Crippen molar-refractivity contribution in [3.63, 3.8) is 0 Å². The number of morpholine rings is 1. The minimum Gasteiger partial charge on any atom is -0.378 e. The Bertz CT molecular complexity index is 450. The minimum atomic E-state index is -3.25. The summed E-state index contributed by atoms with van der Waals surface area (Å²) in [6.07, 6.45) is 2.85. The van der Waals surface area contributed by atoms with E-state index in [1.54, 1.807) is 0 Å². The zero-order valence-electron chi connectivity index (χ0n) is 10.3. The first-order chi connectivity index (χ1) is 8.46. The Morgan fingerprint density at radius 2 is 1.94 bits per heavy atom. The number of fused-ring (bicyclic) bond motifs is 1. The molecule has 0 radical (unpaired) electrons. The lowest BCUT2D eigenvalue weighted by molar-refractivity contribution is -0.165. The zero-order chi connectivity index (χ0) is 12.9. The van der Waals surface area contributed by atoms with E-state index in [9.17, 15) is 13.2 Å². The summed E-state index contributed by atoms with van der Waals surface area (Å²) in [5.41, 5.74) is 0. The predicted octanol–water partition coefficient (Wildman–Crippen LogP) is -1.03. The molecule has 7 heteroatoms. The number of hydrogen-bond donors (Lipinski definition) is 1. The topological polar surface area (TPSA) is 75.7 Å². The predicted molar refractivity (Wildman–Crippen MR) is 64.6 cm³/mol. The van der Waals surface area contributed by atoms with Crippen LogP contribution >= 0.6 is 0 Å². The molecule has 6 nitrogen and oxygen atoms in total. The Labute approximate surface area is 107 Å². The summed E-state index contributed by atoms with van der Waals surface area (Å²) in [6, 6.07) is 0.268. The summed E-state index contributed by atoms with van der Waals surface area (Å²) in [5.74, 6) is 0.292. The molecule has 4 aliphatic heterocycles. The first-order valence-corrected chi connectivity index (χ1v) is 8.18. The van der Waals surface area contributed by atoms with Crippen LogP contribution < -0.4 is 4.72 Å². The van der Waals surface area contributed by atoms with Crippen molar-refractivity contribution in [1.82, 2.24) is 9.62 Å². The molecule has 3 atom stereocenters. The molecule has 4 rings (SSSR count). The van der Waals surface area contributed by atoms with E-state index >= 15 is 0 Å². The number of ether oxygens (including phenoxy) is 1. The van der Waals surface area contributed by atoms with Gasteiger partial charge in [-0.15, -0.1) is 0 Å². The van der Waals surface area contributed by atoms with E-state index < -0.39 is 10.0 Å². The third-order valence-electron chi connectivity index (χ3n) is 4.21. The second-order valence-electron chi connectivity index (χ2n) is 5.50.